The zero-order valence-electron chi connectivity index (χ0n) is 33.0. The average Bonchev–Trinajstić information content (AvgIpc) is 3.85. The van der Waals surface area contributed by atoms with E-state index in [0.717, 1.165) is 5.69 Å². The fourth-order valence-electron chi connectivity index (χ4n) is 9.92. The maximum Gasteiger partial charge on any atom is 0.0588 e. The number of nitrogens with zero attached hydrogens (tertiary/aromatic N) is 2. The summed E-state index contributed by atoms with van der Waals surface area (Å²) in [4.78, 5) is 0. The Bertz CT molecular complexity index is 3380. The monoisotopic (exact) mass is 742 g/mol. The Kier molecular flexibility index (Phi) is 7.61. The topological polar surface area (TPSA) is 9.86 Å². The predicted molar refractivity (Wildman–Crippen MR) is 248 cm³/mol. The summed E-state index contributed by atoms with van der Waals surface area (Å²) >= 11 is 0. The Morgan fingerprint density at radius 3 is 1.90 bits per heavy atom. The minimum absolute atomic E-state index is 0.235. The minimum Gasteiger partial charge on any atom is -0.309 e. The van der Waals surface area contributed by atoms with Gasteiger partial charge in [-0.05, 0) is 117 Å². The van der Waals surface area contributed by atoms with Crippen molar-refractivity contribution in [2.24, 2.45) is 0 Å². The van der Waals surface area contributed by atoms with Crippen LogP contribution in [0.4, 0.5) is 0 Å². The lowest BCUT2D eigenvalue weighted by Gasteiger charge is -2.25. The van der Waals surface area contributed by atoms with Crippen LogP contribution in [0.5, 0.6) is 0 Å². The van der Waals surface area contributed by atoms with Crippen LogP contribution in [0, 0.1) is 0 Å². The van der Waals surface area contributed by atoms with Crippen molar-refractivity contribution in [2.75, 3.05) is 0 Å². The Labute approximate surface area is 338 Å². The van der Waals surface area contributed by atoms with Crippen LogP contribution in [0.15, 0.2) is 200 Å². The molecular formula is C56H42N2. The number of fused-ring (bicyclic) bond motifs is 9. The van der Waals surface area contributed by atoms with Gasteiger partial charge in [0, 0.05) is 38.3 Å². The van der Waals surface area contributed by atoms with E-state index >= 15 is 0 Å². The molecule has 0 amide bonds. The SMILES string of the molecule is C=CC1=C(/C=C\C)C(C)(C)c2c1ccc1c3cc(-c4ccc5c(c4)c4ccccc4n5-c4ccc5ccccc5c4)ccc3n(-c3cccc(-c4ccccc4)c3)c21. The highest BCUT2D eigenvalue weighted by Crippen LogP contribution is 2.52. The van der Waals surface area contributed by atoms with Gasteiger partial charge in [0.1, 0.15) is 0 Å². The summed E-state index contributed by atoms with van der Waals surface area (Å²) in [6.07, 6.45) is 6.48. The smallest absolute Gasteiger partial charge is 0.0588 e. The van der Waals surface area contributed by atoms with E-state index in [1.165, 1.54) is 105 Å². The highest BCUT2D eigenvalue weighted by Gasteiger charge is 2.38. The maximum atomic E-state index is 4.30. The van der Waals surface area contributed by atoms with Crippen molar-refractivity contribution in [3.8, 4) is 33.6 Å². The quantitative estimate of drug-likeness (QED) is 0.161. The first-order valence-electron chi connectivity index (χ1n) is 20.2. The normalized spacial score (nSPS) is 13.8. The lowest BCUT2D eigenvalue weighted by atomic mass is 9.80. The molecule has 276 valence electrons. The van der Waals surface area contributed by atoms with E-state index < -0.39 is 0 Å². The number of para-hydroxylation sites is 1. The first kappa shape index (κ1) is 34.1. The largest absolute Gasteiger partial charge is 0.309 e. The molecule has 0 fully saturated rings. The van der Waals surface area contributed by atoms with E-state index in [4.69, 9.17) is 0 Å². The van der Waals surface area contributed by atoms with Crippen molar-refractivity contribution >= 4 is 60.0 Å². The Hall–Kier alpha value is -7.16. The van der Waals surface area contributed by atoms with Gasteiger partial charge in [-0.25, -0.2) is 0 Å². The van der Waals surface area contributed by atoms with Crippen molar-refractivity contribution in [1.82, 2.24) is 9.13 Å². The van der Waals surface area contributed by atoms with Crippen LogP contribution in [-0.2, 0) is 5.41 Å². The van der Waals surface area contributed by atoms with Crippen LogP contribution >= 0.6 is 0 Å². The maximum absolute atomic E-state index is 4.30. The fraction of sp³-hybridized carbons (Fsp3) is 0.0714. The minimum atomic E-state index is -0.235. The lowest BCUT2D eigenvalue weighted by molar-refractivity contribution is 0.657. The molecule has 0 unspecified atom stereocenters. The molecule has 2 heteroatoms. The summed E-state index contributed by atoms with van der Waals surface area (Å²) in [6, 6.07) is 62.6. The molecule has 0 saturated carbocycles. The second-order valence-corrected chi connectivity index (χ2v) is 16.1. The van der Waals surface area contributed by atoms with Gasteiger partial charge in [0.05, 0.1) is 22.1 Å². The molecule has 8 aromatic carbocycles. The molecule has 2 heterocycles. The Morgan fingerprint density at radius 1 is 0.483 bits per heavy atom. The summed E-state index contributed by atoms with van der Waals surface area (Å²) in [6.45, 7) is 11.1. The summed E-state index contributed by atoms with van der Waals surface area (Å²) in [5, 5.41) is 7.50. The van der Waals surface area contributed by atoms with E-state index in [0.29, 0.717) is 0 Å². The second-order valence-electron chi connectivity index (χ2n) is 16.1. The molecule has 58 heavy (non-hydrogen) atoms. The van der Waals surface area contributed by atoms with Crippen molar-refractivity contribution in [2.45, 2.75) is 26.2 Å². The molecule has 11 rings (SSSR count). The molecule has 0 radical (unpaired) electrons. The zero-order chi connectivity index (χ0) is 39.1. The first-order valence-corrected chi connectivity index (χ1v) is 20.2. The van der Waals surface area contributed by atoms with E-state index in [9.17, 15) is 0 Å². The van der Waals surface area contributed by atoms with E-state index in [1.807, 2.05) is 6.08 Å². The zero-order valence-corrected chi connectivity index (χ0v) is 33.0. The molecule has 2 nitrogen and oxygen atoms in total. The molecule has 0 spiro atoms. The summed E-state index contributed by atoms with van der Waals surface area (Å²) in [5.74, 6) is 0. The first-order chi connectivity index (χ1) is 28.4. The van der Waals surface area contributed by atoms with Gasteiger partial charge >= 0.3 is 0 Å². The molecular weight excluding hydrogens is 701 g/mol. The number of hydrogen-bond acceptors (Lipinski definition) is 0. The van der Waals surface area contributed by atoms with Crippen LogP contribution in [0.2, 0.25) is 0 Å². The van der Waals surface area contributed by atoms with Crippen LogP contribution in [0.3, 0.4) is 0 Å². The van der Waals surface area contributed by atoms with Gasteiger partial charge < -0.3 is 9.13 Å². The predicted octanol–water partition coefficient (Wildman–Crippen LogP) is 15.2. The molecule has 10 aromatic rings. The Balaban J connectivity index is 1.14. The average molecular weight is 743 g/mol. The van der Waals surface area contributed by atoms with E-state index in [2.05, 4.69) is 218 Å². The van der Waals surface area contributed by atoms with Crippen LogP contribution < -0.4 is 0 Å². The third kappa shape index (κ3) is 4.98. The van der Waals surface area contributed by atoms with E-state index in [1.54, 1.807) is 0 Å². The number of benzene rings is 8. The number of allylic oxidation sites excluding steroid dienone is 5. The lowest BCUT2D eigenvalue weighted by Crippen LogP contribution is -2.17. The van der Waals surface area contributed by atoms with Crippen LogP contribution in [0.1, 0.15) is 31.9 Å². The number of aromatic nitrogens is 2. The van der Waals surface area contributed by atoms with Crippen molar-refractivity contribution < 1.29 is 0 Å². The Morgan fingerprint density at radius 2 is 1.12 bits per heavy atom. The molecule has 2 aromatic heterocycles. The molecule has 0 atom stereocenters. The van der Waals surface area contributed by atoms with Gasteiger partial charge in [-0.1, -0.05) is 154 Å². The molecule has 0 saturated heterocycles. The number of hydrogen-bond donors (Lipinski definition) is 0. The third-order valence-electron chi connectivity index (χ3n) is 12.6. The molecule has 0 bridgehead atoms. The van der Waals surface area contributed by atoms with Gasteiger partial charge in [0.25, 0.3) is 0 Å². The van der Waals surface area contributed by atoms with Crippen LogP contribution in [-0.4, -0.2) is 9.13 Å². The standard InChI is InChI=1S/C56H42N2/c1-5-15-50-44(6-2)46-28-29-47-49-35-41(26-31-53(49)58(55(47)54(46)56(50,3)4)42-21-14-20-39(32-42)36-16-8-7-9-17-36)40-25-30-52-48(34-40)45-22-12-13-23-51(45)57(52)43-27-24-37-18-10-11-19-38(37)33-43/h5-35H,2H2,1,3-4H3/b15-5-. The highest BCUT2D eigenvalue weighted by atomic mass is 15.0. The van der Waals surface area contributed by atoms with Gasteiger partial charge in [-0.15, -0.1) is 0 Å². The van der Waals surface area contributed by atoms with Crippen molar-refractivity contribution in [1.29, 1.82) is 0 Å². The van der Waals surface area contributed by atoms with Gasteiger partial charge in [0.15, 0.2) is 0 Å². The van der Waals surface area contributed by atoms with Crippen molar-refractivity contribution in [3.63, 3.8) is 0 Å². The van der Waals surface area contributed by atoms with Crippen LogP contribution in [0.25, 0.3) is 93.6 Å². The fourth-order valence-corrected chi connectivity index (χ4v) is 9.92. The van der Waals surface area contributed by atoms with E-state index in [-0.39, 0.29) is 5.41 Å². The van der Waals surface area contributed by atoms with Crippen molar-refractivity contribution in [3.05, 3.63) is 211 Å². The molecule has 0 aliphatic heterocycles. The number of rotatable bonds is 6. The van der Waals surface area contributed by atoms with Gasteiger partial charge in [0.2, 0.25) is 0 Å². The molecule has 1 aliphatic rings. The van der Waals surface area contributed by atoms with Gasteiger partial charge in [-0.3, -0.25) is 0 Å². The highest BCUT2D eigenvalue weighted by molar-refractivity contribution is 6.15. The summed E-state index contributed by atoms with van der Waals surface area (Å²) < 4.78 is 4.93. The van der Waals surface area contributed by atoms with Gasteiger partial charge in [-0.2, -0.15) is 0 Å². The molecule has 0 N–H and O–H groups in total. The second kappa shape index (κ2) is 12.9. The third-order valence-corrected chi connectivity index (χ3v) is 12.6. The summed E-state index contributed by atoms with van der Waals surface area (Å²) in [7, 11) is 0. The summed E-state index contributed by atoms with van der Waals surface area (Å²) in [5.41, 5.74) is 16.9. The molecule has 1 aliphatic carbocycles.